The van der Waals surface area contributed by atoms with Gasteiger partial charge in [0.05, 0.1) is 17.0 Å². The topological polar surface area (TPSA) is 115 Å². The Kier molecular flexibility index (Phi) is 5.39. The molecule has 9 nitrogen and oxygen atoms in total. The molecule has 0 saturated carbocycles. The van der Waals surface area contributed by atoms with Crippen LogP contribution in [0.15, 0.2) is 24.5 Å². The minimum Gasteiger partial charge on any atom is -0.369 e. The Morgan fingerprint density at radius 3 is 2.86 bits per heavy atom. The number of primary amides is 1. The normalized spacial score (nSPS) is 17.5. The second-order valence-electron chi connectivity index (χ2n) is 7.51. The van der Waals surface area contributed by atoms with Crippen LogP contribution in [-0.4, -0.2) is 61.7 Å². The summed E-state index contributed by atoms with van der Waals surface area (Å²) in [6, 6.07) is 3.79. The van der Waals surface area contributed by atoms with E-state index in [4.69, 9.17) is 15.7 Å². The highest BCUT2D eigenvalue weighted by molar-refractivity contribution is 5.90. The van der Waals surface area contributed by atoms with Crippen molar-refractivity contribution in [3.8, 4) is 11.4 Å². The Morgan fingerprint density at radius 2 is 2.10 bits per heavy atom. The van der Waals surface area contributed by atoms with E-state index in [1.165, 1.54) is 0 Å². The van der Waals surface area contributed by atoms with Crippen LogP contribution in [0.2, 0.25) is 0 Å². The van der Waals surface area contributed by atoms with E-state index in [0.717, 1.165) is 60.6 Å². The van der Waals surface area contributed by atoms with Crippen LogP contribution < -0.4 is 11.1 Å². The Balaban J connectivity index is 1.55. The zero-order chi connectivity index (χ0) is 20.4. The van der Waals surface area contributed by atoms with Gasteiger partial charge in [0.2, 0.25) is 5.91 Å². The van der Waals surface area contributed by atoms with Crippen LogP contribution in [0.1, 0.15) is 18.5 Å². The van der Waals surface area contributed by atoms with Crippen LogP contribution >= 0.6 is 0 Å². The molecular formula is C20H26N8O. The van der Waals surface area contributed by atoms with E-state index in [1.54, 1.807) is 17.1 Å². The fourth-order valence-electron chi connectivity index (χ4n) is 3.92. The molecular weight excluding hydrogens is 368 g/mol. The van der Waals surface area contributed by atoms with E-state index in [-0.39, 0.29) is 11.8 Å². The Bertz CT molecular complexity index is 1020. The summed E-state index contributed by atoms with van der Waals surface area (Å²) in [6.45, 7) is 5.20. The molecule has 4 heterocycles. The number of anilines is 1. The van der Waals surface area contributed by atoms with E-state index in [2.05, 4.69) is 20.3 Å². The molecule has 3 aromatic heterocycles. The van der Waals surface area contributed by atoms with E-state index >= 15 is 0 Å². The molecule has 1 atom stereocenters. The lowest BCUT2D eigenvalue weighted by Crippen LogP contribution is -2.42. The molecule has 0 radical (unpaired) electrons. The van der Waals surface area contributed by atoms with Gasteiger partial charge in [0.15, 0.2) is 11.5 Å². The monoisotopic (exact) mass is 394 g/mol. The maximum atomic E-state index is 11.5. The first-order valence-corrected chi connectivity index (χ1v) is 9.90. The fraction of sp³-hybridized carbons (Fsp3) is 0.450. The van der Waals surface area contributed by atoms with Gasteiger partial charge in [-0.3, -0.25) is 14.5 Å². The van der Waals surface area contributed by atoms with Crippen molar-refractivity contribution in [2.75, 3.05) is 31.5 Å². The number of hydrogen-bond acceptors (Lipinski definition) is 7. The lowest BCUT2D eigenvalue weighted by atomic mass is 9.97. The van der Waals surface area contributed by atoms with E-state index in [1.807, 2.05) is 26.1 Å². The number of hydrogen-bond donors (Lipinski definition) is 2. The molecule has 1 aliphatic heterocycles. The second kappa shape index (κ2) is 8.12. The van der Waals surface area contributed by atoms with Crippen molar-refractivity contribution >= 4 is 22.8 Å². The average molecular weight is 394 g/mol. The predicted molar refractivity (Wildman–Crippen MR) is 111 cm³/mol. The predicted octanol–water partition coefficient (Wildman–Crippen LogP) is 1.34. The van der Waals surface area contributed by atoms with Crippen LogP contribution in [0, 0.1) is 12.8 Å². The summed E-state index contributed by atoms with van der Waals surface area (Å²) in [7, 11) is 1.89. The number of likely N-dealkylation sites (tertiary alicyclic amines) is 1. The Labute approximate surface area is 169 Å². The molecule has 3 aromatic rings. The Morgan fingerprint density at radius 1 is 1.31 bits per heavy atom. The van der Waals surface area contributed by atoms with Gasteiger partial charge in [0.25, 0.3) is 0 Å². The molecule has 0 bridgehead atoms. The van der Waals surface area contributed by atoms with Crippen LogP contribution in [0.4, 0.5) is 5.82 Å². The van der Waals surface area contributed by atoms with Crippen molar-refractivity contribution in [1.29, 1.82) is 0 Å². The average Bonchev–Trinajstić information content (AvgIpc) is 3.02. The number of fused-ring (bicyclic) bond motifs is 1. The van der Waals surface area contributed by atoms with Gasteiger partial charge in [-0.25, -0.2) is 9.97 Å². The molecule has 1 saturated heterocycles. The number of pyridine rings is 1. The molecule has 3 N–H and O–H groups in total. The van der Waals surface area contributed by atoms with Crippen molar-refractivity contribution in [3.05, 3.63) is 30.2 Å². The highest BCUT2D eigenvalue weighted by Gasteiger charge is 2.23. The van der Waals surface area contributed by atoms with Gasteiger partial charge in [-0.2, -0.15) is 5.10 Å². The first-order valence-electron chi connectivity index (χ1n) is 9.90. The molecule has 9 heteroatoms. The molecule has 1 aliphatic rings. The molecule has 0 aromatic carbocycles. The minimum absolute atomic E-state index is 0.0478. The van der Waals surface area contributed by atoms with Gasteiger partial charge in [0.1, 0.15) is 5.82 Å². The van der Waals surface area contributed by atoms with Crippen molar-refractivity contribution < 1.29 is 4.79 Å². The number of nitrogens with two attached hydrogens (primary N) is 1. The van der Waals surface area contributed by atoms with E-state index < -0.39 is 0 Å². The zero-order valence-electron chi connectivity index (χ0n) is 16.8. The van der Waals surface area contributed by atoms with Crippen LogP contribution in [0.5, 0.6) is 0 Å². The molecule has 152 valence electrons. The lowest BCUT2D eigenvalue weighted by Gasteiger charge is -2.31. The fourth-order valence-corrected chi connectivity index (χ4v) is 3.92. The van der Waals surface area contributed by atoms with Gasteiger partial charge in [-0.15, -0.1) is 0 Å². The number of nitrogens with zero attached hydrogens (tertiary/aromatic N) is 6. The molecule has 1 amide bonds. The third-order valence-corrected chi connectivity index (χ3v) is 5.43. The third kappa shape index (κ3) is 4.04. The summed E-state index contributed by atoms with van der Waals surface area (Å²) in [5.74, 6) is 1.16. The maximum absolute atomic E-state index is 11.5. The number of carbonyl (C=O) groups is 1. The summed E-state index contributed by atoms with van der Waals surface area (Å²) >= 11 is 0. The number of aromatic nitrogens is 5. The van der Waals surface area contributed by atoms with Crippen LogP contribution in [-0.2, 0) is 11.8 Å². The number of aryl methyl sites for hydroxylation is 2. The van der Waals surface area contributed by atoms with Gasteiger partial charge < -0.3 is 16.0 Å². The van der Waals surface area contributed by atoms with Crippen molar-refractivity contribution in [2.24, 2.45) is 18.7 Å². The quantitative estimate of drug-likeness (QED) is 0.648. The highest BCUT2D eigenvalue weighted by Crippen LogP contribution is 2.27. The molecule has 1 fully saturated rings. The second-order valence-corrected chi connectivity index (χ2v) is 7.51. The van der Waals surface area contributed by atoms with Crippen LogP contribution in [0.3, 0.4) is 0 Å². The summed E-state index contributed by atoms with van der Waals surface area (Å²) in [5, 5.41) is 8.91. The number of rotatable bonds is 6. The standard InChI is InChI=1S/C20H26N8O/c1-13-16-19(23-9-11-28-10-3-4-15(12-28)17(21)29)24-18(14-5-7-22-8-6-14)25-20(16)27(2)26-13/h5-8,15H,3-4,9-12H2,1-2H3,(H2,21,29)(H,23,24,25)/t15-/m1/s1. The molecule has 0 unspecified atom stereocenters. The largest absolute Gasteiger partial charge is 0.369 e. The number of carbonyl (C=O) groups excluding carboxylic acids is 1. The lowest BCUT2D eigenvalue weighted by molar-refractivity contribution is -0.123. The minimum atomic E-state index is -0.201. The van der Waals surface area contributed by atoms with Gasteiger partial charge in [-0.1, -0.05) is 0 Å². The maximum Gasteiger partial charge on any atom is 0.221 e. The third-order valence-electron chi connectivity index (χ3n) is 5.43. The molecule has 29 heavy (non-hydrogen) atoms. The smallest absolute Gasteiger partial charge is 0.221 e. The summed E-state index contributed by atoms with van der Waals surface area (Å²) < 4.78 is 1.78. The summed E-state index contributed by atoms with van der Waals surface area (Å²) in [4.78, 5) is 27.3. The number of amides is 1. The summed E-state index contributed by atoms with van der Waals surface area (Å²) in [5.41, 5.74) is 8.07. The first-order chi connectivity index (χ1) is 14.0. The van der Waals surface area contributed by atoms with Crippen molar-refractivity contribution in [2.45, 2.75) is 19.8 Å². The zero-order valence-corrected chi connectivity index (χ0v) is 16.8. The van der Waals surface area contributed by atoms with Gasteiger partial charge in [0, 0.05) is 44.6 Å². The number of nitrogens with one attached hydrogen (secondary N) is 1. The van der Waals surface area contributed by atoms with Gasteiger partial charge >= 0.3 is 0 Å². The highest BCUT2D eigenvalue weighted by atomic mass is 16.1. The molecule has 0 spiro atoms. The van der Waals surface area contributed by atoms with E-state index in [0.29, 0.717) is 12.4 Å². The SMILES string of the molecule is Cc1nn(C)c2nc(-c3ccncc3)nc(NCCN3CCC[C@@H](C(N)=O)C3)c12. The molecule has 0 aliphatic carbocycles. The molecule has 4 rings (SSSR count). The van der Waals surface area contributed by atoms with Gasteiger partial charge in [-0.05, 0) is 38.4 Å². The van der Waals surface area contributed by atoms with E-state index in [9.17, 15) is 4.79 Å². The summed E-state index contributed by atoms with van der Waals surface area (Å²) in [6.07, 6.45) is 5.35. The number of piperidine rings is 1. The van der Waals surface area contributed by atoms with Crippen molar-refractivity contribution in [3.63, 3.8) is 0 Å². The van der Waals surface area contributed by atoms with Crippen molar-refractivity contribution in [1.82, 2.24) is 29.6 Å². The first kappa shape index (κ1) is 19.3. The van der Waals surface area contributed by atoms with Crippen LogP contribution in [0.25, 0.3) is 22.4 Å². The Hall–Kier alpha value is -3.07.